The first-order valence-electron chi connectivity index (χ1n) is 7.87. The van der Waals surface area contributed by atoms with Crippen LogP contribution in [0.3, 0.4) is 0 Å². The number of piperidine rings is 1. The highest BCUT2D eigenvalue weighted by atomic mass is 16.2. The first-order chi connectivity index (χ1) is 10.5. The molecule has 1 aliphatic heterocycles. The van der Waals surface area contributed by atoms with Crippen LogP contribution in [0.1, 0.15) is 31.5 Å². The number of rotatable bonds is 3. The van der Waals surface area contributed by atoms with Gasteiger partial charge in [0.05, 0.1) is 0 Å². The van der Waals surface area contributed by atoms with Crippen molar-refractivity contribution in [2.24, 2.45) is 14.1 Å². The Bertz CT molecular complexity index is 808. The molecular weight excluding hydrogens is 282 g/mol. The van der Waals surface area contributed by atoms with Crippen LogP contribution in [0.2, 0.25) is 0 Å². The molecule has 7 heteroatoms. The van der Waals surface area contributed by atoms with E-state index in [1.54, 1.807) is 7.05 Å². The molecule has 0 aromatic carbocycles. The third-order valence-electron chi connectivity index (χ3n) is 4.65. The fourth-order valence-electron chi connectivity index (χ4n) is 3.28. The molecule has 7 nitrogen and oxygen atoms in total. The molecule has 120 valence electrons. The number of nitrogens with zero attached hydrogens (tertiary/aromatic N) is 4. The Hall–Kier alpha value is -1.89. The van der Waals surface area contributed by atoms with Crippen molar-refractivity contribution < 1.29 is 0 Å². The van der Waals surface area contributed by atoms with Crippen molar-refractivity contribution in [3.8, 4) is 0 Å². The van der Waals surface area contributed by atoms with Gasteiger partial charge in [0.1, 0.15) is 5.82 Å². The molecule has 0 saturated carbocycles. The van der Waals surface area contributed by atoms with Crippen molar-refractivity contribution in [2.45, 2.75) is 45.2 Å². The smallest absolute Gasteiger partial charge is 0.322 e. The molecule has 0 aliphatic carbocycles. The van der Waals surface area contributed by atoms with Gasteiger partial charge in [-0.3, -0.25) is 13.9 Å². The van der Waals surface area contributed by atoms with E-state index in [1.807, 2.05) is 11.5 Å². The van der Waals surface area contributed by atoms with Gasteiger partial charge in [-0.2, -0.15) is 0 Å². The predicted molar refractivity (Wildman–Crippen MR) is 85.2 cm³/mol. The quantitative estimate of drug-likeness (QED) is 0.883. The Balaban J connectivity index is 2.00. The molecule has 0 spiro atoms. The summed E-state index contributed by atoms with van der Waals surface area (Å²) >= 11 is 0. The number of fused-ring (bicyclic) bond motifs is 1. The van der Waals surface area contributed by atoms with Gasteiger partial charge in [0.15, 0.2) is 11.2 Å². The molecular formula is C15H23N5O2. The van der Waals surface area contributed by atoms with Crippen LogP contribution in [-0.4, -0.2) is 31.3 Å². The summed E-state index contributed by atoms with van der Waals surface area (Å²) in [5, 5.41) is 3.52. The van der Waals surface area contributed by atoms with E-state index in [1.165, 1.54) is 30.9 Å². The van der Waals surface area contributed by atoms with E-state index in [-0.39, 0.29) is 11.2 Å². The number of nitrogens with one attached hydrogen (secondary N) is 1. The Kier molecular flexibility index (Phi) is 3.90. The van der Waals surface area contributed by atoms with Crippen LogP contribution in [0.15, 0.2) is 9.59 Å². The summed E-state index contributed by atoms with van der Waals surface area (Å²) in [5.41, 5.74) is 0.395. The summed E-state index contributed by atoms with van der Waals surface area (Å²) in [6.07, 6.45) is 4.66. The van der Waals surface area contributed by atoms with Gasteiger partial charge in [-0.25, -0.2) is 9.78 Å². The molecule has 0 bridgehead atoms. The highest BCUT2D eigenvalue weighted by Gasteiger charge is 2.18. The third kappa shape index (κ3) is 2.39. The third-order valence-corrected chi connectivity index (χ3v) is 4.65. The minimum Gasteiger partial charge on any atom is -0.322 e. The van der Waals surface area contributed by atoms with Crippen LogP contribution < -0.4 is 16.6 Å². The summed E-state index contributed by atoms with van der Waals surface area (Å²) in [6, 6.07) is 0.502. The van der Waals surface area contributed by atoms with Crippen molar-refractivity contribution in [3.05, 3.63) is 26.7 Å². The zero-order valence-corrected chi connectivity index (χ0v) is 13.4. The molecule has 1 fully saturated rings. The van der Waals surface area contributed by atoms with E-state index in [0.29, 0.717) is 17.2 Å². The first-order valence-corrected chi connectivity index (χ1v) is 7.87. The zero-order chi connectivity index (χ0) is 15.9. The van der Waals surface area contributed by atoms with E-state index in [9.17, 15) is 9.59 Å². The average molecular weight is 305 g/mol. The van der Waals surface area contributed by atoms with Crippen LogP contribution in [-0.2, 0) is 20.6 Å². The van der Waals surface area contributed by atoms with Gasteiger partial charge in [-0.1, -0.05) is 6.42 Å². The maximum atomic E-state index is 12.5. The van der Waals surface area contributed by atoms with Crippen LogP contribution in [0.5, 0.6) is 0 Å². The highest BCUT2D eigenvalue weighted by Crippen LogP contribution is 2.15. The van der Waals surface area contributed by atoms with Gasteiger partial charge >= 0.3 is 5.69 Å². The summed E-state index contributed by atoms with van der Waals surface area (Å²) in [7, 11) is 3.17. The second-order valence-electron chi connectivity index (χ2n) is 6.12. The van der Waals surface area contributed by atoms with E-state index in [2.05, 4.69) is 10.3 Å². The summed E-state index contributed by atoms with van der Waals surface area (Å²) in [4.78, 5) is 28.9. The predicted octanol–water partition coefficient (Wildman–Crippen LogP) is 0.274. The average Bonchev–Trinajstić information content (AvgIpc) is 2.86. The second kappa shape index (κ2) is 5.72. The summed E-state index contributed by atoms with van der Waals surface area (Å²) in [5.74, 6) is 0.782. The monoisotopic (exact) mass is 305 g/mol. The normalized spacial score (nSPS) is 19.0. The lowest BCUT2D eigenvalue weighted by atomic mass is 10.0. The highest BCUT2D eigenvalue weighted by molar-refractivity contribution is 5.70. The lowest BCUT2D eigenvalue weighted by molar-refractivity contribution is 0.367. The van der Waals surface area contributed by atoms with Gasteiger partial charge in [0, 0.05) is 26.7 Å². The Morgan fingerprint density at radius 3 is 2.68 bits per heavy atom. The van der Waals surface area contributed by atoms with Gasteiger partial charge in [0.25, 0.3) is 5.56 Å². The maximum Gasteiger partial charge on any atom is 0.332 e. The molecule has 22 heavy (non-hydrogen) atoms. The second-order valence-corrected chi connectivity index (χ2v) is 6.12. The van der Waals surface area contributed by atoms with Gasteiger partial charge < -0.3 is 9.88 Å². The molecule has 2 aromatic heterocycles. The molecule has 1 unspecified atom stereocenters. The lowest BCUT2D eigenvalue weighted by Crippen LogP contribution is -2.38. The van der Waals surface area contributed by atoms with Crippen molar-refractivity contribution in [2.75, 3.05) is 6.54 Å². The number of imidazole rings is 1. The summed E-state index contributed by atoms with van der Waals surface area (Å²) in [6.45, 7) is 3.70. The van der Waals surface area contributed by atoms with E-state index >= 15 is 0 Å². The molecule has 3 rings (SSSR count). The Labute approximate surface area is 128 Å². The fraction of sp³-hybridized carbons (Fsp3) is 0.667. The number of hydrogen-bond donors (Lipinski definition) is 1. The first kappa shape index (κ1) is 15.0. The number of hydrogen-bond acceptors (Lipinski definition) is 4. The van der Waals surface area contributed by atoms with Crippen molar-refractivity contribution >= 4 is 11.2 Å². The van der Waals surface area contributed by atoms with E-state index in [4.69, 9.17) is 0 Å². The molecule has 1 saturated heterocycles. The molecule has 0 amide bonds. The van der Waals surface area contributed by atoms with Gasteiger partial charge in [-0.15, -0.1) is 0 Å². The summed E-state index contributed by atoms with van der Waals surface area (Å²) < 4.78 is 4.55. The molecule has 0 radical (unpaired) electrons. The van der Waals surface area contributed by atoms with Gasteiger partial charge in [0.2, 0.25) is 0 Å². The minimum absolute atomic E-state index is 0.268. The van der Waals surface area contributed by atoms with E-state index in [0.717, 1.165) is 29.9 Å². The Morgan fingerprint density at radius 2 is 2.00 bits per heavy atom. The maximum absolute atomic E-state index is 12.5. The van der Waals surface area contributed by atoms with Crippen LogP contribution >= 0.6 is 0 Å². The standard InChI is InChI=1S/C15H23N5O2/c1-10-17-13-12(14(21)19(3)15(22)18(13)2)20(10)9-7-11-6-4-5-8-16-11/h11,16H,4-9H2,1-3H3. The zero-order valence-electron chi connectivity index (χ0n) is 13.4. The number of aromatic nitrogens is 4. The van der Waals surface area contributed by atoms with Gasteiger partial charge in [-0.05, 0) is 32.7 Å². The van der Waals surface area contributed by atoms with Crippen LogP contribution in [0.25, 0.3) is 11.2 Å². The van der Waals surface area contributed by atoms with Crippen LogP contribution in [0, 0.1) is 6.92 Å². The lowest BCUT2D eigenvalue weighted by Gasteiger charge is -2.23. The fourth-order valence-corrected chi connectivity index (χ4v) is 3.28. The molecule has 1 aliphatic rings. The molecule has 3 heterocycles. The van der Waals surface area contributed by atoms with Crippen molar-refractivity contribution in [1.82, 2.24) is 24.0 Å². The largest absolute Gasteiger partial charge is 0.332 e. The molecule has 2 aromatic rings. The van der Waals surface area contributed by atoms with Crippen molar-refractivity contribution in [3.63, 3.8) is 0 Å². The van der Waals surface area contributed by atoms with Crippen LogP contribution in [0.4, 0.5) is 0 Å². The SMILES string of the molecule is Cc1nc2c(c(=O)n(C)c(=O)n2C)n1CCC1CCCCN1. The topological polar surface area (TPSA) is 73.8 Å². The Morgan fingerprint density at radius 1 is 1.23 bits per heavy atom. The number of aryl methyl sites for hydroxylation is 3. The molecule has 1 N–H and O–H groups in total. The van der Waals surface area contributed by atoms with Crippen molar-refractivity contribution in [1.29, 1.82) is 0 Å². The minimum atomic E-state index is -0.337. The van der Waals surface area contributed by atoms with E-state index < -0.39 is 0 Å². The molecule has 1 atom stereocenters.